The van der Waals surface area contributed by atoms with E-state index in [1.165, 1.54) is 4.68 Å². The summed E-state index contributed by atoms with van der Waals surface area (Å²) < 4.78 is 6.50. The Morgan fingerprint density at radius 3 is 2.40 bits per heavy atom. The fourth-order valence-electron chi connectivity index (χ4n) is 2.06. The van der Waals surface area contributed by atoms with Gasteiger partial charge in [0, 0.05) is 12.6 Å². The minimum absolute atomic E-state index is 0.0188. The summed E-state index contributed by atoms with van der Waals surface area (Å²) in [4.78, 5) is 35.3. The van der Waals surface area contributed by atoms with Crippen LogP contribution in [0.2, 0.25) is 5.15 Å². The van der Waals surface area contributed by atoms with E-state index < -0.39 is 18.5 Å². The van der Waals surface area contributed by atoms with Crippen LogP contribution in [0.25, 0.3) is 0 Å². The van der Waals surface area contributed by atoms with Gasteiger partial charge >= 0.3 is 5.97 Å². The quantitative estimate of drug-likeness (QED) is 0.669. The van der Waals surface area contributed by atoms with Crippen LogP contribution in [0.4, 0.5) is 0 Å². The van der Waals surface area contributed by atoms with Crippen LogP contribution in [0, 0.1) is 12.8 Å². The molecule has 1 heterocycles. The topological polar surface area (TPSA) is 102 Å². The van der Waals surface area contributed by atoms with Crippen LogP contribution in [0.5, 0.6) is 0 Å². The van der Waals surface area contributed by atoms with Crippen LogP contribution in [-0.2, 0) is 20.9 Å². The number of aromatic nitrogens is 2. The van der Waals surface area contributed by atoms with Crippen molar-refractivity contribution in [2.24, 2.45) is 5.92 Å². The van der Waals surface area contributed by atoms with Crippen LogP contribution in [0.15, 0.2) is 0 Å². The molecule has 0 aliphatic heterocycles. The lowest BCUT2D eigenvalue weighted by molar-refractivity contribution is -0.128. The Bertz CT molecular complexity index is 640. The molecule has 25 heavy (non-hydrogen) atoms. The standard InChI is InChI=1S/C16H25ClN4O4/c1-9(2)7-21-15(17)14(11(5)20-21)16(24)25-8-13(23)18-6-12(22)19-10(3)4/h9-10H,6-8H2,1-5H3,(H,18,23)(H,19,22). The fourth-order valence-corrected chi connectivity index (χ4v) is 2.38. The van der Waals surface area contributed by atoms with Gasteiger partial charge in [-0.1, -0.05) is 25.4 Å². The lowest BCUT2D eigenvalue weighted by atomic mass is 10.2. The van der Waals surface area contributed by atoms with Gasteiger partial charge in [-0.2, -0.15) is 5.10 Å². The van der Waals surface area contributed by atoms with Crippen LogP contribution < -0.4 is 10.6 Å². The van der Waals surface area contributed by atoms with Crippen LogP contribution in [-0.4, -0.2) is 46.8 Å². The molecule has 0 fully saturated rings. The predicted octanol–water partition coefficient (Wildman–Crippen LogP) is 1.30. The van der Waals surface area contributed by atoms with Gasteiger partial charge in [-0.25, -0.2) is 4.79 Å². The summed E-state index contributed by atoms with van der Waals surface area (Å²) in [6.45, 7) is 9.17. The number of carbonyl (C=O) groups excluding carboxylic acids is 3. The number of halogens is 1. The van der Waals surface area contributed by atoms with Gasteiger partial charge in [-0.05, 0) is 26.7 Å². The van der Waals surface area contributed by atoms with E-state index in [2.05, 4.69) is 15.7 Å². The zero-order chi connectivity index (χ0) is 19.1. The van der Waals surface area contributed by atoms with Crippen LogP contribution in [0.1, 0.15) is 43.7 Å². The van der Waals surface area contributed by atoms with Crippen LogP contribution >= 0.6 is 11.6 Å². The van der Waals surface area contributed by atoms with Crippen molar-refractivity contribution in [3.8, 4) is 0 Å². The number of nitrogens with one attached hydrogen (secondary N) is 2. The SMILES string of the molecule is Cc1nn(CC(C)C)c(Cl)c1C(=O)OCC(=O)NCC(=O)NC(C)C. The maximum Gasteiger partial charge on any atom is 0.343 e. The molecule has 2 N–H and O–H groups in total. The average molecular weight is 373 g/mol. The van der Waals surface area contributed by atoms with E-state index in [4.69, 9.17) is 16.3 Å². The molecular weight excluding hydrogens is 348 g/mol. The molecule has 1 aromatic heterocycles. The van der Waals surface area contributed by atoms with E-state index >= 15 is 0 Å². The number of ether oxygens (including phenoxy) is 1. The smallest absolute Gasteiger partial charge is 0.343 e. The molecule has 9 heteroatoms. The zero-order valence-electron chi connectivity index (χ0n) is 15.2. The highest BCUT2D eigenvalue weighted by Crippen LogP contribution is 2.21. The van der Waals surface area contributed by atoms with Crippen molar-refractivity contribution in [1.29, 1.82) is 0 Å². The zero-order valence-corrected chi connectivity index (χ0v) is 15.9. The first kappa shape index (κ1) is 21.0. The van der Waals surface area contributed by atoms with Gasteiger partial charge in [0.25, 0.3) is 5.91 Å². The van der Waals surface area contributed by atoms with E-state index in [0.29, 0.717) is 18.2 Å². The van der Waals surface area contributed by atoms with Gasteiger partial charge in [0.1, 0.15) is 10.7 Å². The average Bonchev–Trinajstić information content (AvgIpc) is 2.75. The van der Waals surface area contributed by atoms with Crippen molar-refractivity contribution in [3.63, 3.8) is 0 Å². The van der Waals surface area contributed by atoms with Crippen molar-refractivity contribution >= 4 is 29.4 Å². The Balaban J connectivity index is 2.55. The van der Waals surface area contributed by atoms with Gasteiger partial charge in [-0.15, -0.1) is 0 Å². The first-order valence-electron chi connectivity index (χ1n) is 8.07. The number of esters is 1. The molecule has 0 saturated heterocycles. The molecule has 0 aliphatic rings. The predicted molar refractivity (Wildman–Crippen MR) is 93.4 cm³/mol. The van der Waals surface area contributed by atoms with Crippen molar-refractivity contribution in [2.45, 2.75) is 47.2 Å². The Morgan fingerprint density at radius 1 is 1.20 bits per heavy atom. The molecular formula is C16H25ClN4O4. The first-order chi connectivity index (χ1) is 11.6. The lowest BCUT2D eigenvalue weighted by Crippen LogP contribution is -2.41. The summed E-state index contributed by atoms with van der Waals surface area (Å²) in [5.74, 6) is -1.30. The Kier molecular flexibility index (Phi) is 7.89. The number of aryl methyl sites for hydroxylation is 1. The summed E-state index contributed by atoms with van der Waals surface area (Å²) in [5, 5.41) is 9.41. The maximum absolute atomic E-state index is 12.2. The molecule has 8 nitrogen and oxygen atoms in total. The van der Waals surface area contributed by atoms with Gasteiger partial charge < -0.3 is 15.4 Å². The van der Waals surface area contributed by atoms with Crippen LogP contribution in [0.3, 0.4) is 0 Å². The molecule has 140 valence electrons. The van der Waals surface area contributed by atoms with Gasteiger partial charge in [0.15, 0.2) is 6.61 Å². The third-order valence-corrected chi connectivity index (χ3v) is 3.42. The van der Waals surface area contributed by atoms with E-state index in [-0.39, 0.29) is 29.2 Å². The Hall–Kier alpha value is -2.09. The van der Waals surface area contributed by atoms with Crippen molar-refractivity contribution in [3.05, 3.63) is 16.4 Å². The Labute approximate surface area is 152 Å². The molecule has 0 aromatic carbocycles. The third kappa shape index (κ3) is 6.74. The highest BCUT2D eigenvalue weighted by atomic mass is 35.5. The third-order valence-electron chi connectivity index (χ3n) is 3.04. The molecule has 1 aromatic rings. The molecule has 0 spiro atoms. The molecule has 2 amide bonds. The van der Waals surface area contributed by atoms with Gasteiger partial charge in [0.2, 0.25) is 5.91 Å². The molecule has 0 unspecified atom stereocenters. The number of carbonyl (C=O) groups is 3. The summed E-state index contributed by atoms with van der Waals surface area (Å²) >= 11 is 6.18. The van der Waals surface area contributed by atoms with Gasteiger partial charge in [0.05, 0.1) is 12.2 Å². The fraction of sp³-hybridized carbons (Fsp3) is 0.625. The van der Waals surface area contributed by atoms with E-state index in [1.54, 1.807) is 6.92 Å². The largest absolute Gasteiger partial charge is 0.452 e. The lowest BCUT2D eigenvalue weighted by Gasteiger charge is -2.09. The number of hydrogen-bond acceptors (Lipinski definition) is 5. The van der Waals surface area contributed by atoms with Gasteiger partial charge in [-0.3, -0.25) is 14.3 Å². The molecule has 0 aliphatic carbocycles. The molecule has 0 radical (unpaired) electrons. The highest BCUT2D eigenvalue weighted by molar-refractivity contribution is 6.32. The van der Waals surface area contributed by atoms with Crippen molar-refractivity contribution in [1.82, 2.24) is 20.4 Å². The summed E-state index contributed by atoms with van der Waals surface area (Å²) in [6.07, 6.45) is 0. The minimum atomic E-state index is -0.723. The molecule has 0 bridgehead atoms. The summed E-state index contributed by atoms with van der Waals surface area (Å²) in [7, 11) is 0. The Morgan fingerprint density at radius 2 is 1.84 bits per heavy atom. The van der Waals surface area contributed by atoms with Crippen molar-refractivity contribution < 1.29 is 19.1 Å². The summed E-state index contributed by atoms with van der Waals surface area (Å²) in [5.41, 5.74) is 0.583. The number of amides is 2. The number of nitrogens with zero attached hydrogens (tertiary/aromatic N) is 2. The van der Waals surface area contributed by atoms with E-state index in [1.807, 2.05) is 27.7 Å². The first-order valence-corrected chi connectivity index (χ1v) is 8.45. The highest BCUT2D eigenvalue weighted by Gasteiger charge is 2.22. The molecule has 0 atom stereocenters. The molecule has 1 rings (SSSR count). The van der Waals surface area contributed by atoms with Crippen molar-refractivity contribution in [2.75, 3.05) is 13.2 Å². The summed E-state index contributed by atoms with van der Waals surface area (Å²) in [6, 6.07) is -0.0188. The number of rotatable bonds is 8. The minimum Gasteiger partial charge on any atom is -0.452 e. The second-order valence-corrected chi connectivity index (χ2v) is 6.76. The number of hydrogen-bond donors (Lipinski definition) is 2. The van der Waals surface area contributed by atoms with E-state index in [0.717, 1.165) is 0 Å². The molecule has 0 saturated carbocycles. The normalized spacial score (nSPS) is 10.9. The monoisotopic (exact) mass is 372 g/mol. The maximum atomic E-state index is 12.2. The second kappa shape index (κ2) is 9.41. The van der Waals surface area contributed by atoms with E-state index in [9.17, 15) is 14.4 Å². The second-order valence-electron chi connectivity index (χ2n) is 6.40.